The van der Waals surface area contributed by atoms with Crippen molar-refractivity contribution in [2.24, 2.45) is 0 Å². The van der Waals surface area contributed by atoms with Crippen LogP contribution in [0.2, 0.25) is 0 Å². The van der Waals surface area contributed by atoms with Gasteiger partial charge in [0.25, 0.3) is 5.91 Å². The Bertz CT molecular complexity index is 1350. The summed E-state index contributed by atoms with van der Waals surface area (Å²) < 4.78 is 0. The minimum Gasteiger partial charge on any atom is -0.355 e. The number of fused-ring (bicyclic) bond motifs is 1. The molecule has 0 aliphatic carbocycles. The number of aryl methyl sites for hydroxylation is 2. The summed E-state index contributed by atoms with van der Waals surface area (Å²) in [6, 6.07) is 17.7. The van der Waals surface area contributed by atoms with Gasteiger partial charge in [-0.3, -0.25) is 14.8 Å². The zero-order valence-electron chi connectivity index (χ0n) is 18.9. The first-order valence-corrected chi connectivity index (χ1v) is 10.9. The zero-order valence-corrected chi connectivity index (χ0v) is 18.9. The van der Waals surface area contributed by atoms with Crippen LogP contribution in [0.25, 0.3) is 0 Å². The van der Waals surface area contributed by atoms with Gasteiger partial charge in [0.1, 0.15) is 0 Å². The number of hydrogen-bond acceptors (Lipinski definition) is 5. The number of hydrogen-bond donors (Lipinski definition) is 2. The van der Waals surface area contributed by atoms with Crippen LogP contribution in [0.3, 0.4) is 0 Å². The lowest BCUT2D eigenvalue weighted by Gasteiger charge is -2.17. The molecule has 33 heavy (non-hydrogen) atoms. The van der Waals surface area contributed by atoms with Crippen LogP contribution in [0.4, 0.5) is 28.4 Å². The third-order valence-corrected chi connectivity index (χ3v) is 6.07. The number of nitrogens with one attached hydrogen (secondary N) is 2. The first-order valence-electron chi connectivity index (χ1n) is 10.9. The normalized spacial score (nSPS) is 12.6. The maximum atomic E-state index is 13.2. The van der Waals surface area contributed by atoms with Crippen LogP contribution in [0.5, 0.6) is 0 Å². The van der Waals surface area contributed by atoms with Gasteiger partial charge < -0.3 is 15.5 Å². The highest BCUT2D eigenvalue weighted by atomic mass is 16.2. The molecular weight excluding hydrogens is 410 g/mol. The molecular formula is C27H25N5O. The molecule has 0 saturated heterocycles. The topological polar surface area (TPSA) is 70.2 Å². The van der Waals surface area contributed by atoms with E-state index in [1.54, 1.807) is 12.4 Å². The van der Waals surface area contributed by atoms with Gasteiger partial charge in [-0.2, -0.15) is 0 Å². The highest BCUT2D eigenvalue weighted by Gasteiger charge is 2.29. The Morgan fingerprint density at radius 2 is 1.67 bits per heavy atom. The molecule has 0 atom stereocenters. The molecule has 0 unspecified atom stereocenters. The van der Waals surface area contributed by atoms with Crippen molar-refractivity contribution >= 4 is 34.3 Å². The van der Waals surface area contributed by atoms with Gasteiger partial charge in [0.15, 0.2) is 0 Å². The van der Waals surface area contributed by atoms with Crippen molar-refractivity contribution in [3.05, 3.63) is 101 Å². The first-order chi connectivity index (χ1) is 16.0. The molecule has 164 valence electrons. The second kappa shape index (κ2) is 8.39. The molecule has 5 rings (SSSR count). The smallest absolute Gasteiger partial charge is 0.258 e. The molecule has 2 aromatic carbocycles. The third kappa shape index (κ3) is 4.03. The summed E-state index contributed by atoms with van der Waals surface area (Å²) in [4.78, 5) is 23.4. The number of nitrogens with zero attached hydrogens (tertiary/aromatic N) is 3. The van der Waals surface area contributed by atoms with E-state index in [0.29, 0.717) is 6.54 Å². The van der Waals surface area contributed by atoms with Crippen molar-refractivity contribution in [3.63, 3.8) is 0 Å². The average Bonchev–Trinajstić information content (AvgIpc) is 3.16. The van der Waals surface area contributed by atoms with Gasteiger partial charge in [-0.25, -0.2) is 0 Å². The van der Waals surface area contributed by atoms with Crippen molar-refractivity contribution in [2.45, 2.75) is 27.3 Å². The van der Waals surface area contributed by atoms with E-state index in [0.717, 1.165) is 56.4 Å². The highest BCUT2D eigenvalue weighted by Crippen LogP contribution is 2.33. The van der Waals surface area contributed by atoms with E-state index in [4.69, 9.17) is 0 Å². The summed E-state index contributed by atoms with van der Waals surface area (Å²) in [6.45, 7) is 6.67. The van der Waals surface area contributed by atoms with Crippen LogP contribution >= 0.6 is 0 Å². The number of carbonyl (C=O) groups excluding carboxylic acids is 1. The maximum Gasteiger partial charge on any atom is 0.258 e. The number of rotatable bonds is 5. The molecule has 1 aliphatic heterocycles. The molecule has 4 aromatic rings. The minimum atomic E-state index is 0.0183. The Kier molecular flexibility index (Phi) is 5.26. The molecule has 6 nitrogen and oxygen atoms in total. The van der Waals surface area contributed by atoms with Crippen LogP contribution < -0.4 is 15.5 Å². The molecule has 1 aliphatic rings. The summed E-state index contributed by atoms with van der Waals surface area (Å²) in [5.41, 5.74) is 9.75. The number of amides is 1. The highest BCUT2D eigenvalue weighted by molar-refractivity contribution is 6.10. The molecule has 0 spiro atoms. The molecule has 0 fully saturated rings. The van der Waals surface area contributed by atoms with Crippen LogP contribution in [0, 0.1) is 20.8 Å². The number of anilines is 5. The van der Waals surface area contributed by atoms with E-state index in [9.17, 15) is 4.79 Å². The van der Waals surface area contributed by atoms with Gasteiger partial charge >= 0.3 is 0 Å². The van der Waals surface area contributed by atoms with Gasteiger partial charge in [0.2, 0.25) is 0 Å². The lowest BCUT2D eigenvalue weighted by atomic mass is 10.1. The standard InChI is InChI=1S/C27H25N5O/c1-17-15-29-19(3)18(2)26(17)31-23-7-8-25-20(13-23)16-32(27(25)33)24-6-4-5-22(14-24)30-21-9-11-28-12-10-21/h4-15H,16H2,1-3H3,(H,28,30)(H,29,31). The second-order valence-corrected chi connectivity index (χ2v) is 8.33. The van der Waals surface area contributed by atoms with E-state index >= 15 is 0 Å². The SMILES string of the molecule is Cc1cnc(C)c(C)c1Nc1ccc2c(c1)CN(c1cccc(Nc3ccncc3)c1)C2=O. The van der Waals surface area contributed by atoms with Crippen molar-refractivity contribution in [1.82, 2.24) is 9.97 Å². The van der Waals surface area contributed by atoms with Crippen LogP contribution in [-0.4, -0.2) is 15.9 Å². The molecule has 3 heterocycles. The second-order valence-electron chi connectivity index (χ2n) is 8.33. The van der Waals surface area contributed by atoms with Gasteiger partial charge in [-0.1, -0.05) is 6.07 Å². The van der Waals surface area contributed by atoms with Crippen molar-refractivity contribution < 1.29 is 4.79 Å². The van der Waals surface area contributed by atoms with Gasteiger partial charge in [0, 0.05) is 58.3 Å². The van der Waals surface area contributed by atoms with Crippen molar-refractivity contribution in [1.29, 1.82) is 0 Å². The Balaban J connectivity index is 1.39. The maximum absolute atomic E-state index is 13.2. The number of benzene rings is 2. The molecule has 2 aromatic heterocycles. The van der Waals surface area contributed by atoms with Gasteiger partial charge in [-0.15, -0.1) is 0 Å². The lowest BCUT2D eigenvalue weighted by molar-refractivity contribution is 0.0996. The molecule has 0 radical (unpaired) electrons. The summed E-state index contributed by atoms with van der Waals surface area (Å²) >= 11 is 0. The number of pyridine rings is 2. The summed E-state index contributed by atoms with van der Waals surface area (Å²) in [5.74, 6) is 0.0183. The Hall–Kier alpha value is -4.19. The summed E-state index contributed by atoms with van der Waals surface area (Å²) in [6.07, 6.45) is 5.37. The predicted molar refractivity (Wildman–Crippen MR) is 133 cm³/mol. The van der Waals surface area contributed by atoms with Gasteiger partial charge in [-0.05, 0) is 86.0 Å². The number of carbonyl (C=O) groups is 1. The fraction of sp³-hybridized carbons (Fsp3) is 0.148. The van der Waals surface area contributed by atoms with E-state index in [1.807, 2.05) is 73.5 Å². The largest absolute Gasteiger partial charge is 0.355 e. The van der Waals surface area contributed by atoms with Crippen molar-refractivity contribution in [2.75, 3.05) is 15.5 Å². The van der Waals surface area contributed by atoms with Crippen molar-refractivity contribution in [3.8, 4) is 0 Å². The Morgan fingerprint density at radius 3 is 2.48 bits per heavy atom. The quantitative estimate of drug-likeness (QED) is 0.399. The fourth-order valence-electron chi connectivity index (χ4n) is 4.13. The van der Waals surface area contributed by atoms with E-state index in [2.05, 4.69) is 33.6 Å². The fourth-order valence-corrected chi connectivity index (χ4v) is 4.13. The number of aromatic nitrogens is 2. The molecule has 1 amide bonds. The summed E-state index contributed by atoms with van der Waals surface area (Å²) in [5, 5.41) is 6.89. The average molecular weight is 436 g/mol. The molecule has 2 N–H and O–H groups in total. The van der Waals surface area contributed by atoms with Crippen LogP contribution in [-0.2, 0) is 6.54 Å². The van der Waals surface area contributed by atoms with E-state index < -0.39 is 0 Å². The van der Waals surface area contributed by atoms with E-state index in [1.165, 1.54) is 0 Å². The molecule has 0 bridgehead atoms. The molecule has 0 saturated carbocycles. The minimum absolute atomic E-state index is 0.0183. The molecule has 6 heteroatoms. The monoisotopic (exact) mass is 435 g/mol. The first kappa shape index (κ1) is 20.7. The predicted octanol–water partition coefficient (Wildman–Crippen LogP) is 6.05. The lowest BCUT2D eigenvalue weighted by Crippen LogP contribution is -2.22. The third-order valence-electron chi connectivity index (χ3n) is 6.07. The van der Waals surface area contributed by atoms with Crippen LogP contribution in [0.15, 0.2) is 73.2 Å². The Labute approximate surface area is 193 Å². The summed E-state index contributed by atoms with van der Waals surface area (Å²) in [7, 11) is 0. The van der Waals surface area contributed by atoms with E-state index in [-0.39, 0.29) is 5.91 Å². The Morgan fingerprint density at radius 1 is 0.879 bits per heavy atom. The zero-order chi connectivity index (χ0) is 22.9. The van der Waals surface area contributed by atoms with Gasteiger partial charge in [0.05, 0.1) is 6.54 Å². The van der Waals surface area contributed by atoms with Crippen LogP contribution in [0.1, 0.15) is 32.7 Å².